The summed E-state index contributed by atoms with van der Waals surface area (Å²) in [6, 6.07) is 5.41. The summed E-state index contributed by atoms with van der Waals surface area (Å²) in [5.41, 5.74) is 2.10. The van der Waals surface area contributed by atoms with Crippen molar-refractivity contribution in [3.05, 3.63) is 51.5 Å². The molecule has 0 fully saturated rings. The van der Waals surface area contributed by atoms with Crippen LogP contribution in [0.4, 0.5) is 0 Å². The quantitative estimate of drug-likeness (QED) is 0.845. The summed E-state index contributed by atoms with van der Waals surface area (Å²) in [5, 5.41) is 11.5. The first-order valence-electron chi connectivity index (χ1n) is 6.08. The molecule has 2 aromatic heterocycles. The first-order chi connectivity index (χ1) is 9.70. The highest BCUT2D eigenvalue weighted by atomic mass is 32.1. The number of hydrogen-bond donors (Lipinski definition) is 2. The molecule has 2 heterocycles. The molecule has 0 radical (unpaired) electrons. The van der Waals surface area contributed by atoms with Crippen molar-refractivity contribution in [1.82, 2.24) is 10.3 Å². The highest BCUT2D eigenvalue weighted by molar-refractivity contribution is 7.14. The van der Waals surface area contributed by atoms with E-state index in [4.69, 9.17) is 5.11 Å². The standard InChI is InChI=1S/C15H14N2O2S/c1-11-9-16-7-6-12(11)10-17-15(19)14-5-4-13(20-14)3-2-8-18/h4-7,9,18H,8,10H2,1H3,(H,17,19). The SMILES string of the molecule is Cc1cnccc1CNC(=O)c1ccc(C#CCO)s1. The summed E-state index contributed by atoms with van der Waals surface area (Å²) in [6.45, 7) is 2.26. The summed E-state index contributed by atoms with van der Waals surface area (Å²) in [6.07, 6.45) is 3.48. The number of pyridine rings is 1. The van der Waals surface area contributed by atoms with Crippen LogP contribution in [-0.2, 0) is 6.54 Å². The smallest absolute Gasteiger partial charge is 0.261 e. The van der Waals surface area contributed by atoms with Crippen LogP contribution in [-0.4, -0.2) is 22.6 Å². The fraction of sp³-hybridized carbons (Fsp3) is 0.200. The molecule has 0 aromatic carbocycles. The lowest BCUT2D eigenvalue weighted by Crippen LogP contribution is -2.22. The van der Waals surface area contributed by atoms with Crippen molar-refractivity contribution in [2.75, 3.05) is 6.61 Å². The first-order valence-corrected chi connectivity index (χ1v) is 6.89. The van der Waals surface area contributed by atoms with Gasteiger partial charge >= 0.3 is 0 Å². The molecule has 20 heavy (non-hydrogen) atoms. The van der Waals surface area contributed by atoms with Gasteiger partial charge in [-0.3, -0.25) is 9.78 Å². The highest BCUT2D eigenvalue weighted by Gasteiger charge is 2.08. The molecule has 0 saturated carbocycles. The van der Waals surface area contributed by atoms with Crippen LogP contribution in [0.1, 0.15) is 25.7 Å². The lowest BCUT2D eigenvalue weighted by atomic mass is 10.1. The predicted molar refractivity (Wildman–Crippen MR) is 78.4 cm³/mol. The Labute approximate surface area is 121 Å². The molecule has 0 unspecified atom stereocenters. The summed E-state index contributed by atoms with van der Waals surface area (Å²) < 4.78 is 0. The van der Waals surface area contributed by atoms with E-state index in [1.54, 1.807) is 24.5 Å². The number of aromatic nitrogens is 1. The van der Waals surface area contributed by atoms with Gasteiger partial charge in [0.05, 0.1) is 9.75 Å². The van der Waals surface area contributed by atoms with Crippen LogP contribution in [0.2, 0.25) is 0 Å². The zero-order valence-electron chi connectivity index (χ0n) is 11.0. The van der Waals surface area contributed by atoms with Gasteiger partial charge in [-0.1, -0.05) is 11.8 Å². The summed E-state index contributed by atoms with van der Waals surface area (Å²) in [7, 11) is 0. The monoisotopic (exact) mass is 286 g/mol. The van der Waals surface area contributed by atoms with Crippen molar-refractivity contribution in [2.24, 2.45) is 0 Å². The first kappa shape index (κ1) is 14.3. The third-order valence-corrected chi connectivity index (χ3v) is 3.70. The molecule has 2 N–H and O–H groups in total. The highest BCUT2D eigenvalue weighted by Crippen LogP contribution is 2.15. The van der Waals surface area contributed by atoms with Gasteiger partial charge in [0.15, 0.2) is 0 Å². The number of aryl methyl sites for hydroxylation is 1. The van der Waals surface area contributed by atoms with Gasteiger partial charge in [-0.2, -0.15) is 0 Å². The Hall–Kier alpha value is -2.16. The van der Waals surface area contributed by atoms with Gasteiger partial charge < -0.3 is 10.4 Å². The summed E-state index contributed by atoms with van der Waals surface area (Å²) in [5.74, 6) is 5.22. The van der Waals surface area contributed by atoms with E-state index >= 15 is 0 Å². The lowest BCUT2D eigenvalue weighted by Gasteiger charge is -2.06. The topological polar surface area (TPSA) is 62.2 Å². The fourth-order valence-corrected chi connectivity index (χ4v) is 2.41. The normalized spacial score (nSPS) is 9.70. The van der Waals surface area contributed by atoms with Crippen LogP contribution in [0.5, 0.6) is 0 Å². The Bertz CT molecular complexity index is 668. The molecule has 0 bridgehead atoms. The number of aliphatic hydroxyl groups is 1. The van der Waals surface area contributed by atoms with Crippen LogP contribution >= 0.6 is 11.3 Å². The maximum absolute atomic E-state index is 12.0. The average molecular weight is 286 g/mol. The molecule has 102 valence electrons. The van der Waals surface area contributed by atoms with Crippen molar-refractivity contribution in [1.29, 1.82) is 0 Å². The van der Waals surface area contributed by atoms with Crippen LogP contribution in [0.3, 0.4) is 0 Å². The second-order valence-corrected chi connectivity index (χ2v) is 5.19. The lowest BCUT2D eigenvalue weighted by molar-refractivity contribution is 0.0955. The molecule has 2 rings (SSSR count). The number of thiophene rings is 1. The van der Waals surface area contributed by atoms with Crippen molar-refractivity contribution >= 4 is 17.2 Å². The second-order valence-electron chi connectivity index (χ2n) is 4.11. The van der Waals surface area contributed by atoms with Gasteiger partial charge in [-0.05, 0) is 36.2 Å². The molecular formula is C15H14N2O2S. The van der Waals surface area contributed by atoms with Gasteiger partial charge in [-0.15, -0.1) is 11.3 Å². The molecule has 0 aliphatic heterocycles. The molecule has 0 saturated heterocycles. The number of nitrogens with zero attached hydrogens (tertiary/aromatic N) is 1. The van der Waals surface area contributed by atoms with Gasteiger partial charge in [0, 0.05) is 18.9 Å². The van der Waals surface area contributed by atoms with E-state index in [-0.39, 0.29) is 12.5 Å². The molecular weight excluding hydrogens is 272 g/mol. The molecule has 0 aliphatic carbocycles. The molecule has 4 nitrogen and oxygen atoms in total. The molecule has 0 spiro atoms. The van der Waals surface area contributed by atoms with E-state index in [1.807, 2.05) is 13.0 Å². The Balaban J connectivity index is 1.98. The number of aliphatic hydroxyl groups excluding tert-OH is 1. The Morgan fingerprint density at radius 1 is 1.45 bits per heavy atom. The third-order valence-electron chi connectivity index (χ3n) is 2.70. The van der Waals surface area contributed by atoms with Crippen molar-refractivity contribution in [3.8, 4) is 11.8 Å². The predicted octanol–water partition coefficient (Wildman–Crippen LogP) is 1.73. The minimum atomic E-state index is -0.180. The van der Waals surface area contributed by atoms with Crippen molar-refractivity contribution in [2.45, 2.75) is 13.5 Å². The maximum atomic E-state index is 12.0. The van der Waals surface area contributed by atoms with Gasteiger partial charge in [0.2, 0.25) is 0 Å². The van der Waals surface area contributed by atoms with Gasteiger partial charge in [0.1, 0.15) is 6.61 Å². The summed E-state index contributed by atoms with van der Waals surface area (Å²) >= 11 is 1.31. The molecule has 0 atom stereocenters. The van der Waals surface area contributed by atoms with E-state index in [1.165, 1.54) is 11.3 Å². The molecule has 0 aliphatic rings. The Kier molecular flexibility index (Phi) is 4.88. The van der Waals surface area contributed by atoms with Crippen LogP contribution in [0.15, 0.2) is 30.6 Å². The number of carbonyl (C=O) groups is 1. The number of rotatable bonds is 3. The maximum Gasteiger partial charge on any atom is 0.261 e. The number of nitrogens with one attached hydrogen (secondary N) is 1. The minimum absolute atomic E-state index is 0.122. The molecule has 5 heteroatoms. The van der Waals surface area contributed by atoms with Gasteiger partial charge in [0.25, 0.3) is 5.91 Å². The van der Waals surface area contributed by atoms with E-state index in [0.717, 1.165) is 16.0 Å². The number of amides is 1. The van der Waals surface area contributed by atoms with Gasteiger partial charge in [-0.25, -0.2) is 0 Å². The molecule has 1 amide bonds. The zero-order chi connectivity index (χ0) is 14.4. The van der Waals surface area contributed by atoms with E-state index in [0.29, 0.717) is 11.4 Å². The average Bonchev–Trinajstić information content (AvgIpc) is 2.93. The molecule has 2 aromatic rings. The van der Waals surface area contributed by atoms with E-state index in [2.05, 4.69) is 22.1 Å². The van der Waals surface area contributed by atoms with Crippen LogP contribution in [0.25, 0.3) is 0 Å². The van der Waals surface area contributed by atoms with Crippen molar-refractivity contribution < 1.29 is 9.90 Å². The van der Waals surface area contributed by atoms with Crippen LogP contribution < -0.4 is 5.32 Å². The van der Waals surface area contributed by atoms with Crippen molar-refractivity contribution in [3.63, 3.8) is 0 Å². The van der Waals surface area contributed by atoms with Crippen LogP contribution in [0, 0.1) is 18.8 Å². The summed E-state index contributed by atoms with van der Waals surface area (Å²) in [4.78, 5) is 17.4. The largest absolute Gasteiger partial charge is 0.384 e. The van der Waals surface area contributed by atoms with E-state index in [9.17, 15) is 4.79 Å². The number of carbonyl (C=O) groups excluding carboxylic acids is 1. The third kappa shape index (κ3) is 3.67. The zero-order valence-corrected chi connectivity index (χ0v) is 11.8. The Morgan fingerprint density at radius 3 is 3.05 bits per heavy atom. The van der Waals surface area contributed by atoms with E-state index < -0.39 is 0 Å². The second kappa shape index (κ2) is 6.85. The number of hydrogen-bond acceptors (Lipinski definition) is 4. The Morgan fingerprint density at radius 2 is 2.30 bits per heavy atom. The fourth-order valence-electron chi connectivity index (χ4n) is 1.62. The minimum Gasteiger partial charge on any atom is -0.384 e.